The Hall–Kier alpha value is -2.96. The van der Waals surface area contributed by atoms with Crippen molar-refractivity contribution in [1.29, 1.82) is 0 Å². The van der Waals surface area contributed by atoms with Crippen molar-refractivity contribution in [1.82, 2.24) is 4.31 Å². The standard InChI is InChI=1S/C22H22N2O3S/c1-23(17-18-9-5-3-6-10-18)28(26,27)21-15-13-19(14-16-21)22(25)24(2)20-11-7-4-8-12-20/h3-16H,17H2,1-2H3. The molecule has 0 saturated carbocycles. The average Bonchev–Trinajstić information content (AvgIpc) is 2.74. The molecule has 6 heteroatoms. The maximum atomic E-state index is 12.8. The second kappa shape index (κ2) is 8.37. The van der Waals surface area contributed by atoms with Crippen LogP contribution in [0.15, 0.2) is 89.8 Å². The van der Waals surface area contributed by atoms with E-state index in [0.29, 0.717) is 5.56 Å². The van der Waals surface area contributed by atoms with Crippen molar-refractivity contribution in [2.75, 3.05) is 19.0 Å². The zero-order valence-electron chi connectivity index (χ0n) is 15.8. The molecular formula is C22H22N2O3S. The summed E-state index contributed by atoms with van der Waals surface area (Å²) in [7, 11) is -0.407. The van der Waals surface area contributed by atoms with E-state index < -0.39 is 10.0 Å². The van der Waals surface area contributed by atoms with E-state index in [2.05, 4.69) is 0 Å². The average molecular weight is 394 g/mol. The third-order valence-corrected chi connectivity index (χ3v) is 6.32. The highest BCUT2D eigenvalue weighted by molar-refractivity contribution is 7.89. The molecule has 0 bridgehead atoms. The molecule has 0 aromatic heterocycles. The van der Waals surface area contributed by atoms with Gasteiger partial charge in [0.05, 0.1) is 4.90 Å². The van der Waals surface area contributed by atoms with Crippen LogP contribution in [-0.2, 0) is 16.6 Å². The van der Waals surface area contributed by atoms with E-state index in [1.54, 1.807) is 26.2 Å². The summed E-state index contributed by atoms with van der Waals surface area (Å²) in [5.41, 5.74) is 2.10. The third-order valence-electron chi connectivity index (χ3n) is 4.51. The molecule has 0 aliphatic carbocycles. The van der Waals surface area contributed by atoms with Gasteiger partial charge in [0.2, 0.25) is 10.0 Å². The predicted octanol–water partition coefficient (Wildman–Crippen LogP) is 3.78. The first-order valence-corrected chi connectivity index (χ1v) is 10.3. The molecular weight excluding hydrogens is 372 g/mol. The zero-order chi connectivity index (χ0) is 20.1. The fourth-order valence-electron chi connectivity index (χ4n) is 2.84. The van der Waals surface area contributed by atoms with Crippen LogP contribution in [0.25, 0.3) is 0 Å². The van der Waals surface area contributed by atoms with Gasteiger partial charge in [-0.15, -0.1) is 0 Å². The van der Waals surface area contributed by atoms with Crippen LogP contribution in [0.4, 0.5) is 5.69 Å². The van der Waals surface area contributed by atoms with E-state index in [4.69, 9.17) is 0 Å². The van der Waals surface area contributed by atoms with Gasteiger partial charge >= 0.3 is 0 Å². The number of anilines is 1. The summed E-state index contributed by atoms with van der Waals surface area (Å²) in [5, 5.41) is 0. The number of hydrogen-bond acceptors (Lipinski definition) is 3. The van der Waals surface area contributed by atoms with Gasteiger partial charge in [-0.3, -0.25) is 4.79 Å². The van der Waals surface area contributed by atoms with Crippen molar-refractivity contribution >= 4 is 21.6 Å². The SMILES string of the molecule is CN(C(=O)c1ccc(S(=O)(=O)N(C)Cc2ccccc2)cc1)c1ccccc1. The van der Waals surface area contributed by atoms with Gasteiger partial charge in [0.1, 0.15) is 0 Å². The molecule has 28 heavy (non-hydrogen) atoms. The second-order valence-electron chi connectivity index (χ2n) is 6.47. The molecule has 3 rings (SSSR count). The minimum Gasteiger partial charge on any atom is -0.311 e. The lowest BCUT2D eigenvalue weighted by atomic mass is 10.2. The first kappa shape index (κ1) is 19.8. The summed E-state index contributed by atoms with van der Waals surface area (Å²) in [6.45, 7) is 0.278. The van der Waals surface area contributed by atoms with Crippen LogP contribution >= 0.6 is 0 Å². The molecule has 0 saturated heterocycles. The number of hydrogen-bond donors (Lipinski definition) is 0. The van der Waals surface area contributed by atoms with Crippen molar-refractivity contribution in [3.63, 3.8) is 0 Å². The number of carbonyl (C=O) groups excluding carboxylic acids is 1. The Kier molecular flexibility index (Phi) is 5.92. The summed E-state index contributed by atoms with van der Waals surface area (Å²) >= 11 is 0. The smallest absolute Gasteiger partial charge is 0.258 e. The lowest BCUT2D eigenvalue weighted by Crippen LogP contribution is -2.27. The first-order chi connectivity index (χ1) is 13.4. The maximum Gasteiger partial charge on any atom is 0.258 e. The molecule has 0 radical (unpaired) electrons. The number of carbonyl (C=O) groups is 1. The summed E-state index contributed by atoms with van der Waals surface area (Å²) in [4.78, 5) is 14.3. The molecule has 0 fully saturated rings. The maximum absolute atomic E-state index is 12.8. The summed E-state index contributed by atoms with van der Waals surface area (Å²) in [6, 6.07) is 24.7. The van der Waals surface area contributed by atoms with Crippen LogP contribution in [0.3, 0.4) is 0 Å². The van der Waals surface area contributed by atoms with Crippen LogP contribution in [0.2, 0.25) is 0 Å². The minimum absolute atomic E-state index is 0.157. The molecule has 0 aliphatic heterocycles. The molecule has 0 aliphatic rings. The number of rotatable bonds is 6. The highest BCUT2D eigenvalue weighted by atomic mass is 32.2. The van der Waals surface area contributed by atoms with Crippen molar-refractivity contribution in [2.45, 2.75) is 11.4 Å². The molecule has 3 aromatic carbocycles. The molecule has 0 unspecified atom stereocenters. The molecule has 3 aromatic rings. The van der Waals surface area contributed by atoms with Crippen molar-refractivity contribution in [3.8, 4) is 0 Å². The van der Waals surface area contributed by atoms with Crippen molar-refractivity contribution in [2.24, 2.45) is 0 Å². The number of sulfonamides is 1. The molecule has 144 valence electrons. The van der Waals surface area contributed by atoms with Gasteiger partial charge in [0.25, 0.3) is 5.91 Å². The topological polar surface area (TPSA) is 57.7 Å². The van der Waals surface area contributed by atoms with E-state index in [0.717, 1.165) is 11.3 Å². The Morgan fingerprint density at radius 3 is 1.89 bits per heavy atom. The predicted molar refractivity (Wildman–Crippen MR) is 111 cm³/mol. The van der Waals surface area contributed by atoms with E-state index in [1.165, 1.54) is 21.3 Å². The Morgan fingerprint density at radius 1 is 0.786 bits per heavy atom. The lowest BCUT2D eigenvalue weighted by molar-refractivity contribution is 0.0993. The Morgan fingerprint density at radius 2 is 1.32 bits per heavy atom. The number of para-hydroxylation sites is 1. The molecule has 0 heterocycles. The largest absolute Gasteiger partial charge is 0.311 e. The summed E-state index contributed by atoms with van der Waals surface area (Å²) in [6.07, 6.45) is 0. The van der Waals surface area contributed by atoms with Gasteiger partial charge in [-0.25, -0.2) is 8.42 Å². The third kappa shape index (κ3) is 4.30. The molecule has 5 nitrogen and oxygen atoms in total. The van der Waals surface area contributed by atoms with E-state index >= 15 is 0 Å². The minimum atomic E-state index is -3.64. The van der Waals surface area contributed by atoms with E-state index in [1.807, 2.05) is 60.7 Å². The normalized spacial score (nSPS) is 11.4. The zero-order valence-corrected chi connectivity index (χ0v) is 16.6. The first-order valence-electron chi connectivity index (χ1n) is 8.83. The van der Waals surface area contributed by atoms with Crippen molar-refractivity contribution in [3.05, 3.63) is 96.1 Å². The van der Waals surface area contributed by atoms with Gasteiger partial charge in [-0.2, -0.15) is 4.31 Å². The fraction of sp³-hybridized carbons (Fsp3) is 0.136. The second-order valence-corrected chi connectivity index (χ2v) is 8.52. The lowest BCUT2D eigenvalue weighted by Gasteiger charge is -2.19. The van der Waals surface area contributed by atoms with Gasteiger partial charge < -0.3 is 4.90 Å². The summed E-state index contributed by atoms with van der Waals surface area (Å²) < 4.78 is 26.9. The highest BCUT2D eigenvalue weighted by Crippen LogP contribution is 2.19. The van der Waals surface area contributed by atoms with E-state index in [9.17, 15) is 13.2 Å². The highest BCUT2D eigenvalue weighted by Gasteiger charge is 2.22. The van der Waals surface area contributed by atoms with Crippen LogP contribution in [0, 0.1) is 0 Å². The van der Waals surface area contributed by atoms with Gasteiger partial charge in [-0.05, 0) is 42.0 Å². The summed E-state index contributed by atoms with van der Waals surface area (Å²) in [5.74, 6) is -0.201. The van der Waals surface area contributed by atoms with Gasteiger partial charge in [0.15, 0.2) is 0 Å². The number of amides is 1. The Bertz CT molecular complexity index is 1030. The van der Waals surface area contributed by atoms with Crippen LogP contribution in [-0.4, -0.2) is 32.7 Å². The fourth-order valence-corrected chi connectivity index (χ4v) is 4.00. The molecule has 0 atom stereocenters. The number of nitrogens with zero attached hydrogens (tertiary/aromatic N) is 2. The quantitative estimate of drug-likeness (QED) is 0.639. The molecule has 0 spiro atoms. The van der Waals surface area contributed by atoms with Crippen LogP contribution in [0.5, 0.6) is 0 Å². The monoisotopic (exact) mass is 394 g/mol. The van der Waals surface area contributed by atoms with Gasteiger partial charge in [0, 0.05) is 31.9 Å². The molecule has 1 amide bonds. The Labute approximate surface area is 165 Å². The van der Waals surface area contributed by atoms with Gasteiger partial charge in [-0.1, -0.05) is 48.5 Å². The molecule has 0 N–H and O–H groups in total. The van der Waals surface area contributed by atoms with E-state index in [-0.39, 0.29) is 17.3 Å². The Balaban J connectivity index is 1.76. The van der Waals surface area contributed by atoms with Crippen LogP contribution in [0.1, 0.15) is 15.9 Å². The number of benzene rings is 3. The van der Waals surface area contributed by atoms with Crippen molar-refractivity contribution < 1.29 is 13.2 Å². The van der Waals surface area contributed by atoms with Crippen LogP contribution < -0.4 is 4.90 Å².